The van der Waals surface area contributed by atoms with Gasteiger partial charge in [-0.1, -0.05) is 30.3 Å². The lowest BCUT2D eigenvalue weighted by molar-refractivity contribution is 0.0895. The summed E-state index contributed by atoms with van der Waals surface area (Å²) in [7, 11) is 2.82. The van der Waals surface area contributed by atoms with Gasteiger partial charge in [-0.25, -0.2) is 0 Å². The van der Waals surface area contributed by atoms with Crippen LogP contribution >= 0.6 is 0 Å². The molecule has 0 saturated carbocycles. The number of ketones is 1. The van der Waals surface area contributed by atoms with Crippen molar-refractivity contribution < 1.29 is 21.1 Å². The van der Waals surface area contributed by atoms with Gasteiger partial charge < -0.3 is 9.47 Å². The second-order valence-corrected chi connectivity index (χ2v) is 7.26. The number of hydrogen-bond acceptors (Lipinski definition) is 4. The van der Waals surface area contributed by atoms with Gasteiger partial charge in [0, 0.05) is 24.9 Å². The van der Waals surface area contributed by atoms with Crippen molar-refractivity contribution in [3.05, 3.63) is 59.2 Å². The van der Waals surface area contributed by atoms with Crippen LogP contribution in [0.2, 0.25) is 0 Å². The number of likely N-dealkylation sites (tertiary alicyclic amines) is 1. The Bertz CT molecular complexity index is 1040. The van der Waals surface area contributed by atoms with Crippen molar-refractivity contribution in [2.24, 2.45) is 11.8 Å². The fourth-order valence-electron chi connectivity index (χ4n) is 3.88. The Morgan fingerprint density at radius 1 is 1.14 bits per heavy atom. The van der Waals surface area contributed by atoms with Crippen LogP contribution in [0.25, 0.3) is 0 Å². The first kappa shape index (κ1) is 13.8. The predicted octanol–water partition coefficient (Wildman–Crippen LogP) is 4.36. The molecule has 0 bridgehead atoms. The largest absolute Gasteiger partial charge is 0.493 e. The highest BCUT2D eigenvalue weighted by atomic mass is 16.5. The van der Waals surface area contributed by atoms with Crippen LogP contribution in [-0.2, 0) is 12.9 Å². The Hall–Kier alpha value is -2.33. The molecule has 1 aliphatic carbocycles. The van der Waals surface area contributed by atoms with Gasteiger partial charge in [-0.2, -0.15) is 0 Å². The predicted molar refractivity (Wildman–Crippen MR) is 110 cm³/mol. The summed E-state index contributed by atoms with van der Waals surface area (Å²) < 4.78 is 54.8. The number of benzene rings is 2. The summed E-state index contributed by atoms with van der Waals surface area (Å²) in [5.41, 5.74) is 1.14. The van der Waals surface area contributed by atoms with Gasteiger partial charge in [-0.15, -0.1) is 0 Å². The van der Waals surface area contributed by atoms with Crippen LogP contribution < -0.4 is 9.47 Å². The molecular weight excluding hydrogens is 350 g/mol. The summed E-state index contributed by atoms with van der Waals surface area (Å²) in [5.74, 6) is -3.57. The molecule has 4 rings (SSSR count). The minimum atomic E-state index is -2.61. The smallest absolute Gasteiger partial charge is 0.166 e. The zero-order chi connectivity index (χ0) is 24.0. The molecule has 0 N–H and O–H groups in total. The zero-order valence-electron chi connectivity index (χ0n) is 21.3. The average Bonchev–Trinajstić information content (AvgIpc) is 2.97. The number of hydrogen-bond donors (Lipinski definition) is 0. The molecule has 1 unspecified atom stereocenters. The van der Waals surface area contributed by atoms with Gasteiger partial charge in [0.25, 0.3) is 0 Å². The summed E-state index contributed by atoms with van der Waals surface area (Å²) in [6.07, 6.45) is -3.99. The molecule has 1 atom stereocenters. The average molecular weight is 385 g/mol. The van der Waals surface area contributed by atoms with Gasteiger partial charge in [0.2, 0.25) is 0 Å². The van der Waals surface area contributed by atoms with Gasteiger partial charge in [-0.3, -0.25) is 9.69 Å². The van der Waals surface area contributed by atoms with Crippen molar-refractivity contribution >= 4 is 5.78 Å². The van der Waals surface area contributed by atoms with Gasteiger partial charge in [0.15, 0.2) is 17.3 Å². The van der Waals surface area contributed by atoms with Crippen molar-refractivity contribution in [2.75, 3.05) is 27.3 Å². The van der Waals surface area contributed by atoms with E-state index in [4.69, 9.17) is 16.3 Å². The summed E-state index contributed by atoms with van der Waals surface area (Å²) in [5, 5.41) is 0. The molecule has 0 radical (unpaired) electrons. The van der Waals surface area contributed by atoms with Crippen LogP contribution in [-0.4, -0.2) is 38.0 Å². The molecule has 0 aromatic heterocycles. The first-order valence-electron chi connectivity index (χ1n) is 12.2. The molecule has 1 saturated heterocycles. The summed E-state index contributed by atoms with van der Waals surface area (Å²) >= 11 is 0. The van der Waals surface area contributed by atoms with Gasteiger partial charge in [0.1, 0.15) is 0 Å². The number of Topliss-reactive ketones (excluding diaryl/α,β-unsaturated/α-hetero) is 1. The van der Waals surface area contributed by atoms with Crippen molar-refractivity contribution in [3.8, 4) is 11.5 Å². The fourth-order valence-corrected chi connectivity index (χ4v) is 3.88. The van der Waals surface area contributed by atoms with Crippen molar-refractivity contribution in [3.63, 3.8) is 0 Å². The Balaban J connectivity index is 1.60. The van der Waals surface area contributed by atoms with E-state index in [2.05, 4.69) is 17.0 Å². The summed E-state index contributed by atoms with van der Waals surface area (Å²) in [6.45, 7) is 2.01. The first-order valence-corrected chi connectivity index (χ1v) is 9.65. The number of piperidine rings is 1. The molecule has 4 nitrogen and oxygen atoms in total. The zero-order valence-corrected chi connectivity index (χ0v) is 16.3. The lowest BCUT2D eigenvalue weighted by atomic mass is 9.85. The topological polar surface area (TPSA) is 38.8 Å². The second-order valence-electron chi connectivity index (χ2n) is 7.26. The fraction of sp³-hybridized carbons (Fsp3) is 0.458. The third-order valence-corrected chi connectivity index (χ3v) is 5.44. The number of fused-ring (bicyclic) bond motifs is 1. The SMILES string of the molecule is [2H]C1([2H])c2cc(OC)c(OC)cc2C(=O)C1([2H])C([2H])([2H])C1CCN(Cc2ccccc2)CC1. The molecule has 2 aliphatic rings. The summed E-state index contributed by atoms with van der Waals surface area (Å²) in [6, 6.07) is 12.8. The van der Waals surface area contributed by atoms with E-state index in [0.717, 1.165) is 6.54 Å². The molecule has 4 heteroatoms. The Kier molecular flexibility index (Phi) is 4.11. The molecule has 2 aromatic rings. The summed E-state index contributed by atoms with van der Waals surface area (Å²) in [4.78, 5) is 15.7. The maximum Gasteiger partial charge on any atom is 0.166 e. The second kappa shape index (κ2) is 8.36. The minimum Gasteiger partial charge on any atom is -0.493 e. The van der Waals surface area contributed by atoms with E-state index >= 15 is 0 Å². The standard InChI is InChI=1S/C24H29NO3/c1-27-22-14-19-13-20(24(26)21(19)15-23(22)28-2)12-17-8-10-25(11-9-17)16-18-6-4-3-5-7-18/h3-7,14-15,17,20H,8-13,16H2,1-2H3/i12D2,13D2,20D. The van der Waals surface area contributed by atoms with Gasteiger partial charge >= 0.3 is 0 Å². The number of carbonyl (C=O) groups excluding carboxylic acids is 1. The van der Waals surface area contributed by atoms with Crippen molar-refractivity contribution in [1.82, 2.24) is 4.90 Å². The molecular formula is C24H29NO3. The highest BCUT2D eigenvalue weighted by molar-refractivity contribution is 6.02. The quantitative estimate of drug-likeness (QED) is 0.742. The molecule has 148 valence electrons. The molecule has 2 aromatic carbocycles. The van der Waals surface area contributed by atoms with Crippen molar-refractivity contribution in [1.29, 1.82) is 0 Å². The van der Waals surface area contributed by atoms with Crippen molar-refractivity contribution in [2.45, 2.75) is 32.1 Å². The third-order valence-electron chi connectivity index (χ3n) is 5.44. The number of carbonyl (C=O) groups is 1. The van der Waals surface area contributed by atoms with E-state index < -0.39 is 30.3 Å². The molecule has 1 fully saturated rings. The van der Waals surface area contributed by atoms with Crippen LogP contribution in [0.3, 0.4) is 0 Å². The highest BCUT2D eigenvalue weighted by Gasteiger charge is 2.34. The highest BCUT2D eigenvalue weighted by Crippen LogP contribution is 2.39. The van der Waals surface area contributed by atoms with Crippen LogP contribution in [0.15, 0.2) is 42.5 Å². The first-order chi connectivity index (χ1) is 15.6. The molecule has 28 heavy (non-hydrogen) atoms. The van der Waals surface area contributed by atoms with E-state index in [1.807, 2.05) is 18.2 Å². The van der Waals surface area contributed by atoms with Gasteiger partial charge in [0.05, 0.1) is 14.2 Å². The minimum absolute atomic E-state index is 0.0157. The van der Waals surface area contributed by atoms with E-state index in [1.54, 1.807) is 0 Å². The number of ether oxygens (including phenoxy) is 2. The monoisotopic (exact) mass is 384 g/mol. The third kappa shape index (κ3) is 3.93. The maximum absolute atomic E-state index is 13.4. The Morgan fingerprint density at radius 2 is 1.82 bits per heavy atom. The van der Waals surface area contributed by atoms with Crippen LogP contribution in [0, 0.1) is 11.8 Å². The molecule has 0 spiro atoms. The van der Waals surface area contributed by atoms with E-state index in [9.17, 15) is 4.79 Å². The van der Waals surface area contributed by atoms with Crippen LogP contribution in [0.5, 0.6) is 11.5 Å². The number of nitrogens with zero attached hydrogens (tertiary/aromatic N) is 1. The molecule has 1 heterocycles. The van der Waals surface area contributed by atoms with Crippen LogP contribution in [0.1, 0.15) is 47.6 Å². The lowest BCUT2D eigenvalue weighted by Gasteiger charge is -2.32. The Morgan fingerprint density at radius 3 is 2.50 bits per heavy atom. The van der Waals surface area contributed by atoms with Crippen LogP contribution in [0.4, 0.5) is 0 Å². The van der Waals surface area contributed by atoms with E-state index in [-0.39, 0.29) is 22.6 Å². The molecule has 1 aliphatic heterocycles. The number of methoxy groups -OCH3 is 2. The lowest BCUT2D eigenvalue weighted by Crippen LogP contribution is -2.34. The number of rotatable bonds is 6. The maximum atomic E-state index is 13.4. The Labute approximate surface area is 174 Å². The van der Waals surface area contributed by atoms with E-state index in [0.29, 0.717) is 25.9 Å². The normalized spacial score (nSPS) is 27.8. The van der Waals surface area contributed by atoms with Gasteiger partial charge in [-0.05, 0) is 67.9 Å². The van der Waals surface area contributed by atoms with E-state index in [1.165, 1.54) is 31.9 Å². The molecule has 0 amide bonds.